The van der Waals surface area contributed by atoms with Crippen molar-refractivity contribution in [3.8, 4) is 11.5 Å². The summed E-state index contributed by atoms with van der Waals surface area (Å²) in [5, 5.41) is 2.82. The van der Waals surface area contributed by atoms with Gasteiger partial charge in [0.2, 0.25) is 0 Å². The first kappa shape index (κ1) is 15.3. The van der Waals surface area contributed by atoms with Gasteiger partial charge < -0.3 is 14.8 Å². The van der Waals surface area contributed by atoms with Crippen LogP contribution in [0, 0.1) is 0 Å². The second kappa shape index (κ2) is 7.08. The number of amides is 1. The number of carbonyl (C=O) groups is 1. The average molecular weight is 351 g/mol. The number of hydrogen-bond donors (Lipinski definition) is 1. The molecule has 0 aliphatic rings. The van der Waals surface area contributed by atoms with Crippen molar-refractivity contribution in [2.75, 3.05) is 14.2 Å². The Morgan fingerprint density at radius 3 is 2.67 bits per heavy atom. The van der Waals surface area contributed by atoms with Crippen LogP contribution in [0.3, 0.4) is 0 Å². The topological polar surface area (TPSA) is 60.5 Å². The van der Waals surface area contributed by atoms with E-state index in [-0.39, 0.29) is 5.91 Å². The number of ether oxygens (including phenoxy) is 2. The summed E-state index contributed by atoms with van der Waals surface area (Å²) in [5.41, 5.74) is 1.27. The van der Waals surface area contributed by atoms with Crippen LogP contribution >= 0.6 is 15.9 Å². The molecule has 2 rings (SSSR count). The summed E-state index contributed by atoms with van der Waals surface area (Å²) in [5.74, 6) is 1.04. The number of nitrogens with one attached hydrogen (secondary N) is 1. The van der Waals surface area contributed by atoms with Crippen LogP contribution < -0.4 is 14.8 Å². The molecular weight excluding hydrogens is 336 g/mol. The van der Waals surface area contributed by atoms with Gasteiger partial charge in [0, 0.05) is 17.2 Å². The van der Waals surface area contributed by atoms with E-state index < -0.39 is 0 Å². The van der Waals surface area contributed by atoms with E-state index in [2.05, 4.69) is 26.2 Å². The summed E-state index contributed by atoms with van der Waals surface area (Å²) in [6.45, 7) is 0.377. The number of benzene rings is 1. The van der Waals surface area contributed by atoms with Crippen molar-refractivity contribution in [2.24, 2.45) is 0 Å². The fourth-order valence-electron chi connectivity index (χ4n) is 1.81. The van der Waals surface area contributed by atoms with Crippen molar-refractivity contribution in [2.45, 2.75) is 6.54 Å². The maximum atomic E-state index is 12.1. The molecule has 110 valence electrons. The highest BCUT2D eigenvalue weighted by Gasteiger charge is 2.11. The Labute approximate surface area is 131 Å². The molecule has 2 aromatic rings. The smallest absolute Gasteiger partial charge is 0.271 e. The minimum absolute atomic E-state index is 0.239. The zero-order valence-electron chi connectivity index (χ0n) is 11.7. The van der Waals surface area contributed by atoms with Gasteiger partial charge >= 0.3 is 0 Å². The van der Waals surface area contributed by atoms with E-state index in [0.29, 0.717) is 28.2 Å². The highest BCUT2D eigenvalue weighted by Crippen LogP contribution is 2.27. The monoisotopic (exact) mass is 350 g/mol. The number of pyridine rings is 1. The van der Waals surface area contributed by atoms with E-state index in [1.165, 1.54) is 0 Å². The first-order valence-corrected chi connectivity index (χ1v) is 7.04. The van der Waals surface area contributed by atoms with E-state index in [1.807, 2.05) is 12.1 Å². The Morgan fingerprint density at radius 2 is 2.00 bits per heavy atom. The molecule has 1 aromatic heterocycles. The molecule has 1 amide bonds. The Bertz CT molecular complexity index is 647. The second-order valence-electron chi connectivity index (χ2n) is 4.21. The highest BCUT2D eigenvalue weighted by atomic mass is 79.9. The maximum Gasteiger partial charge on any atom is 0.271 e. The van der Waals surface area contributed by atoms with Crippen LogP contribution in [0.1, 0.15) is 16.1 Å². The minimum atomic E-state index is -0.239. The molecule has 0 aliphatic carbocycles. The zero-order chi connectivity index (χ0) is 15.2. The van der Waals surface area contributed by atoms with E-state index in [9.17, 15) is 4.79 Å². The molecule has 0 atom stereocenters. The number of nitrogens with zero attached hydrogens (tertiary/aromatic N) is 1. The molecule has 0 radical (unpaired) electrons. The van der Waals surface area contributed by atoms with Crippen LogP contribution in [0.2, 0.25) is 0 Å². The average Bonchev–Trinajstić information content (AvgIpc) is 2.52. The third kappa shape index (κ3) is 3.72. The lowest BCUT2D eigenvalue weighted by Gasteiger charge is -2.10. The molecule has 1 aromatic carbocycles. The van der Waals surface area contributed by atoms with E-state index in [4.69, 9.17) is 9.47 Å². The molecule has 1 heterocycles. The summed E-state index contributed by atoms with van der Waals surface area (Å²) in [7, 11) is 3.16. The third-order valence-electron chi connectivity index (χ3n) is 2.87. The SMILES string of the molecule is COc1ccc(CNC(=O)c2ncccc2Br)cc1OC. The van der Waals surface area contributed by atoms with Crippen LogP contribution in [0.5, 0.6) is 11.5 Å². The van der Waals surface area contributed by atoms with Crippen molar-refractivity contribution >= 4 is 21.8 Å². The predicted molar refractivity (Wildman–Crippen MR) is 82.7 cm³/mol. The number of rotatable bonds is 5. The standard InChI is InChI=1S/C15H15BrN2O3/c1-20-12-6-5-10(8-13(12)21-2)9-18-15(19)14-11(16)4-3-7-17-14/h3-8H,9H2,1-2H3,(H,18,19). The molecule has 5 nitrogen and oxygen atoms in total. The summed E-state index contributed by atoms with van der Waals surface area (Å²) < 4.78 is 11.1. The Morgan fingerprint density at radius 1 is 1.24 bits per heavy atom. The van der Waals surface area contributed by atoms with Gasteiger partial charge in [-0.1, -0.05) is 6.07 Å². The number of aromatic nitrogens is 1. The van der Waals surface area contributed by atoms with Crippen molar-refractivity contribution in [1.82, 2.24) is 10.3 Å². The predicted octanol–water partition coefficient (Wildman–Crippen LogP) is 2.79. The van der Waals surface area contributed by atoms with Crippen molar-refractivity contribution in [1.29, 1.82) is 0 Å². The van der Waals surface area contributed by atoms with Crippen LogP contribution in [0.15, 0.2) is 41.0 Å². The molecule has 0 aliphatic heterocycles. The molecule has 0 bridgehead atoms. The Balaban J connectivity index is 2.06. The molecule has 21 heavy (non-hydrogen) atoms. The van der Waals surface area contributed by atoms with E-state index in [1.54, 1.807) is 38.6 Å². The lowest BCUT2D eigenvalue weighted by atomic mass is 10.2. The Kier molecular flexibility index (Phi) is 5.16. The zero-order valence-corrected chi connectivity index (χ0v) is 13.3. The van der Waals surface area contributed by atoms with Crippen LogP contribution in [0.25, 0.3) is 0 Å². The molecule has 0 saturated heterocycles. The lowest BCUT2D eigenvalue weighted by molar-refractivity contribution is 0.0945. The molecule has 0 spiro atoms. The van der Waals surface area contributed by atoms with Gasteiger partial charge in [-0.3, -0.25) is 4.79 Å². The van der Waals surface area contributed by atoms with Crippen LogP contribution in [-0.2, 0) is 6.54 Å². The molecule has 0 saturated carbocycles. The van der Waals surface area contributed by atoms with Crippen molar-refractivity contribution in [3.05, 3.63) is 52.3 Å². The molecule has 6 heteroatoms. The molecule has 1 N–H and O–H groups in total. The second-order valence-corrected chi connectivity index (χ2v) is 5.06. The fraction of sp³-hybridized carbons (Fsp3) is 0.200. The molecule has 0 unspecified atom stereocenters. The lowest BCUT2D eigenvalue weighted by Crippen LogP contribution is -2.24. The quantitative estimate of drug-likeness (QED) is 0.900. The van der Waals surface area contributed by atoms with Gasteiger partial charge in [0.05, 0.1) is 14.2 Å². The van der Waals surface area contributed by atoms with E-state index >= 15 is 0 Å². The van der Waals surface area contributed by atoms with Gasteiger partial charge in [-0.15, -0.1) is 0 Å². The highest BCUT2D eigenvalue weighted by molar-refractivity contribution is 9.10. The maximum absolute atomic E-state index is 12.1. The van der Waals surface area contributed by atoms with Gasteiger partial charge in [-0.2, -0.15) is 0 Å². The number of carbonyl (C=O) groups excluding carboxylic acids is 1. The van der Waals surface area contributed by atoms with Gasteiger partial charge in [0.1, 0.15) is 5.69 Å². The largest absolute Gasteiger partial charge is 0.493 e. The van der Waals surface area contributed by atoms with Crippen LogP contribution in [-0.4, -0.2) is 25.1 Å². The summed E-state index contributed by atoms with van der Waals surface area (Å²) in [6.07, 6.45) is 1.58. The Hall–Kier alpha value is -2.08. The van der Waals surface area contributed by atoms with Crippen LogP contribution in [0.4, 0.5) is 0 Å². The van der Waals surface area contributed by atoms with Crippen molar-refractivity contribution in [3.63, 3.8) is 0 Å². The summed E-state index contributed by atoms with van der Waals surface area (Å²) >= 11 is 3.30. The fourth-order valence-corrected chi connectivity index (χ4v) is 2.24. The van der Waals surface area contributed by atoms with Gasteiger partial charge in [0.15, 0.2) is 11.5 Å². The molecular formula is C15H15BrN2O3. The van der Waals surface area contributed by atoms with Gasteiger partial charge in [-0.25, -0.2) is 4.98 Å². The van der Waals surface area contributed by atoms with E-state index in [0.717, 1.165) is 5.56 Å². The number of methoxy groups -OCH3 is 2. The van der Waals surface area contributed by atoms with Gasteiger partial charge in [0.25, 0.3) is 5.91 Å². The summed E-state index contributed by atoms with van der Waals surface area (Å²) in [4.78, 5) is 16.1. The first-order chi connectivity index (χ1) is 10.2. The third-order valence-corrected chi connectivity index (χ3v) is 3.51. The normalized spacial score (nSPS) is 10.0. The van der Waals surface area contributed by atoms with Gasteiger partial charge in [-0.05, 0) is 45.8 Å². The first-order valence-electron chi connectivity index (χ1n) is 6.25. The number of hydrogen-bond acceptors (Lipinski definition) is 4. The minimum Gasteiger partial charge on any atom is -0.493 e. The molecule has 0 fully saturated rings. The summed E-state index contributed by atoms with van der Waals surface area (Å²) in [6, 6.07) is 9.03. The number of halogens is 1. The van der Waals surface area contributed by atoms with Crippen molar-refractivity contribution < 1.29 is 14.3 Å².